The topological polar surface area (TPSA) is 70.6 Å². The van der Waals surface area contributed by atoms with Crippen molar-refractivity contribution in [2.24, 2.45) is 0 Å². The number of rotatable bonds is 5. The molecule has 1 N–H and O–H groups in total. The van der Waals surface area contributed by atoms with Crippen LogP contribution in [0.1, 0.15) is 6.42 Å². The summed E-state index contributed by atoms with van der Waals surface area (Å²) in [5, 5.41) is 3.74. The van der Waals surface area contributed by atoms with Gasteiger partial charge in [0.1, 0.15) is 24.0 Å². The summed E-state index contributed by atoms with van der Waals surface area (Å²) < 4.78 is 20.4. The second-order valence-corrected chi connectivity index (χ2v) is 8.20. The summed E-state index contributed by atoms with van der Waals surface area (Å²) in [5.41, 5.74) is 0.892. The number of amides is 1. The summed E-state index contributed by atoms with van der Waals surface area (Å²) in [4.78, 5) is 24.5. The van der Waals surface area contributed by atoms with E-state index in [1.807, 2.05) is 30.1 Å². The number of hydrogen-bond acceptors (Lipinski definition) is 6. The van der Waals surface area contributed by atoms with Crippen LogP contribution >= 0.6 is 11.6 Å². The predicted octanol–water partition coefficient (Wildman–Crippen LogP) is 3.71. The lowest BCUT2D eigenvalue weighted by molar-refractivity contribution is -0.133. The van der Waals surface area contributed by atoms with Crippen LogP contribution in [0, 0.1) is 5.82 Å². The number of carbonyl (C=O) groups excluding carboxylic acids is 1. The number of aromatic nitrogens is 2. The summed E-state index contributed by atoms with van der Waals surface area (Å²) >= 11 is 5.87. The molecule has 7 nitrogen and oxygen atoms in total. The number of hydrogen-bond donors (Lipinski definition) is 1. The Morgan fingerprint density at radius 1 is 1.29 bits per heavy atom. The van der Waals surface area contributed by atoms with E-state index in [4.69, 9.17) is 16.3 Å². The molecule has 0 aliphatic carbocycles. The average molecular weight is 444 g/mol. The van der Waals surface area contributed by atoms with Crippen LogP contribution in [-0.4, -0.2) is 65.5 Å². The fraction of sp³-hybridized carbons (Fsp3) is 0.318. The minimum absolute atomic E-state index is 0.0339. The maximum absolute atomic E-state index is 14.3. The summed E-state index contributed by atoms with van der Waals surface area (Å²) in [6, 6.07) is 10.0. The molecule has 31 heavy (non-hydrogen) atoms. The van der Waals surface area contributed by atoms with Crippen LogP contribution in [-0.2, 0) is 4.79 Å². The molecule has 1 saturated heterocycles. The molecule has 3 aromatic rings. The van der Waals surface area contributed by atoms with Crippen LogP contribution in [0.25, 0.3) is 10.9 Å². The lowest BCUT2D eigenvalue weighted by Gasteiger charge is -2.21. The van der Waals surface area contributed by atoms with Gasteiger partial charge in [0.25, 0.3) is 0 Å². The Balaban J connectivity index is 1.53. The molecule has 1 fully saturated rings. The molecule has 2 atom stereocenters. The first-order valence-electron chi connectivity index (χ1n) is 9.87. The molecule has 0 spiro atoms. The molecule has 0 unspecified atom stereocenters. The number of halogens is 2. The average Bonchev–Trinajstić information content (AvgIpc) is 3.10. The van der Waals surface area contributed by atoms with Crippen molar-refractivity contribution in [1.82, 2.24) is 19.8 Å². The molecule has 1 aromatic heterocycles. The van der Waals surface area contributed by atoms with Crippen molar-refractivity contribution < 1.29 is 13.9 Å². The molecule has 1 aliphatic rings. The van der Waals surface area contributed by atoms with Gasteiger partial charge < -0.3 is 15.0 Å². The molecule has 2 heterocycles. The first-order valence-corrected chi connectivity index (χ1v) is 10.2. The Bertz CT molecular complexity index is 1130. The van der Waals surface area contributed by atoms with Crippen LogP contribution in [0.4, 0.5) is 15.9 Å². The second kappa shape index (κ2) is 8.64. The van der Waals surface area contributed by atoms with E-state index in [0.29, 0.717) is 30.0 Å². The Hall–Kier alpha value is -2.97. The van der Waals surface area contributed by atoms with E-state index >= 15 is 0 Å². The quantitative estimate of drug-likeness (QED) is 0.648. The lowest BCUT2D eigenvalue weighted by Crippen LogP contribution is -2.40. The number of likely N-dealkylation sites (N-methyl/N-ethyl adjacent to an activating group) is 2. The fourth-order valence-electron chi connectivity index (χ4n) is 3.75. The Labute approximate surface area is 184 Å². The molecule has 1 amide bonds. The van der Waals surface area contributed by atoms with Gasteiger partial charge in [-0.1, -0.05) is 17.7 Å². The number of fused-ring (bicyclic) bond motifs is 1. The lowest BCUT2D eigenvalue weighted by atomic mass is 10.1. The number of nitrogens with zero attached hydrogens (tertiary/aromatic N) is 4. The predicted molar refractivity (Wildman–Crippen MR) is 118 cm³/mol. The highest BCUT2D eigenvalue weighted by Crippen LogP contribution is 2.30. The smallest absolute Gasteiger partial charge is 0.239 e. The standard InChI is InChI=1S/C22H23ClFN5O2/c1-28(2)22(30)19-10-14(11-29(19)3)31-13-7-8-15-18(9-13)25-12-26-21(15)27-17-6-4-5-16(23)20(17)24/h4-9,12,14,19H,10-11H2,1-3H3,(H,25,26,27)/t14-,19-/m0/s1. The van der Waals surface area contributed by atoms with Gasteiger partial charge in [-0.05, 0) is 31.3 Å². The molecule has 4 rings (SSSR count). The number of benzene rings is 2. The van der Waals surface area contributed by atoms with Crippen molar-refractivity contribution in [2.75, 3.05) is 33.0 Å². The van der Waals surface area contributed by atoms with Crippen LogP contribution in [0.5, 0.6) is 5.75 Å². The van der Waals surface area contributed by atoms with Crippen LogP contribution < -0.4 is 10.1 Å². The van der Waals surface area contributed by atoms with Crippen molar-refractivity contribution in [3.63, 3.8) is 0 Å². The van der Waals surface area contributed by atoms with Gasteiger partial charge in [0.2, 0.25) is 5.91 Å². The van der Waals surface area contributed by atoms with Gasteiger partial charge in [0, 0.05) is 38.5 Å². The number of nitrogens with one attached hydrogen (secondary N) is 1. The third kappa shape index (κ3) is 4.40. The zero-order valence-electron chi connectivity index (χ0n) is 17.5. The molecule has 1 aliphatic heterocycles. The number of ether oxygens (including phenoxy) is 1. The molecule has 9 heteroatoms. The molecule has 0 bridgehead atoms. The molecule has 0 saturated carbocycles. The largest absolute Gasteiger partial charge is 0.489 e. The maximum Gasteiger partial charge on any atom is 0.239 e. The van der Waals surface area contributed by atoms with Gasteiger partial charge in [-0.2, -0.15) is 0 Å². The Kier molecular flexibility index (Phi) is 5.93. The van der Waals surface area contributed by atoms with Crippen molar-refractivity contribution >= 4 is 39.9 Å². The van der Waals surface area contributed by atoms with Gasteiger partial charge in [0.15, 0.2) is 5.82 Å². The third-order valence-corrected chi connectivity index (χ3v) is 5.64. The maximum atomic E-state index is 14.3. The Morgan fingerprint density at radius 3 is 2.87 bits per heavy atom. The Morgan fingerprint density at radius 2 is 2.10 bits per heavy atom. The van der Waals surface area contributed by atoms with E-state index in [0.717, 1.165) is 5.39 Å². The molecule has 162 valence electrons. The van der Waals surface area contributed by atoms with E-state index in [1.54, 1.807) is 31.1 Å². The SMILES string of the molecule is CN(C)C(=O)[C@@H]1C[C@H](Oc2ccc3c(Nc4cccc(Cl)c4F)ncnc3c2)CN1C. The van der Waals surface area contributed by atoms with Gasteiger partial charge in [-0.3, -0.25) is 9.69 Å². The zero-order chi connectivity index (χ0) is 22.1. The van der Waals surface area contributed by atoms with E-state index in [9.17, 15) is 9.18 Å². The van der Waals surface area contributed by atoms with Crippen LogP contribution in [0.2, 0.25) is 5.02 Å². The van der Waals surface area contributed by atoms with Crippen molar-refractivity contribution in [1.29, 1.82) is 0 Å². The van der Waals surface area contributed by atoms with Crippen molar-refractivity contribution in [2.45, 2.75) is 18.6 Å². The number of likely N-dealkylation sites (tertiary alicyclic amines) is 1. The molecular formula is C22H23ClFN5O2. The second-order valence-electron chi connectivity index (χ2n) is 7.79. The van der Waals surface area contributed by atoms with Gasteiger partial charge in [-0.25, -0.2) is 14.4 Å². The highest BCUT2D eigenvalue weighted by Gasteiger charge is 2.36. The normalized spacial score (nSPS) is 18.9. The van der Waals surface area contributed by atoms with E-state index in [2.05, 4.69) is 15.3 Å². The summed E-state index contributed by atoms with van der Waals surface area (Å²) in [6.07, 6.45) is 1.93. The third-order valence-electron chi connectivity index (χ3n) is 5.35. The summed E-state index contributed by atoms with van der Waals surface area (Å²) in [7, 11) is 5.44. The van der Waals surface area contributed by atoms with Crippen LogP contribution in [0.3, 0.4) is 0 Å². The first kappa shape index (κ1) is 21.3. The first-order chi connectivity index (χ1) is 14.8. The summed E-state index contributed by atoms with van der Waals surface area (Å²) in [5.74, 6) is 0.657. The van der Waals surface area contributed by atoms with E-state index in [1.165, 1.54) is 12.4 Å². The van der Waals surface area contributed by atoms with Crippen LogP contribution in [0.15, 0.2) is 42.7 Å². The zero-order valence-corrected chi connectivity index (χ0v) is 18.2. The van der Waals surface area contributed by atoms with Crippen molar-refractivity contribution in [3.05, 3.63) is 53.6 Å². The highest BCUT2D eigenvalue weighted by molar-refractivity contribution is 6.31. The monoisotopic (exact) mass is 443 g/mol. The van der Waals surface area contributed by atoms with Gasteiger partial charge in [0.05, 0.1) is 22.3 Å². The summed E-state index contributed by atoms with van der Waals surface area (Å²) in [6.45, 7) is 0.660. The fourth-order valence-corrected chi connectivity index (χ4v) is 3.93. The molecule has 0 radical (unpaired) electrons. The number of carbonyl (C=O) groups is 1. The van der Waals surface area contributed by atoms with E-state index < -0.39 is 5.82 Å². The minimum atomic E-state index is -0.539. The van der Waals surface area contributed by atoms with E-state index in [-0.39, 0.29) is 28.8 Å². The highest BCUT2D eigenvalue weighted by atomic mass is 35.5. The van der Waals surface area contributed by atoms with Gasteiger partial charge in [-0.15, -0.1) is 0 Å². The number of anilines is 2. The minimum Gasteiger partial charge on any atom is -0.489 e. The van der Waals surface area contributed by atoms with Gasteiger partial charge >= 0.3 is 0 Å². The molecule has 2 aromatic carbocycles. The van der Waals surface area contributed by atoms with Crippen molar-refractivity contribution in [3.8, 4) is 5.75 Å². The molecular weight excluding hydrogens is 421 g/mol.